The quantitative estimate of drug-likeness (QED) is 0.754. The fraction of sp³-hybridized carbons (Fsp3) is 0.308. The molecule has 2 N–H and O–H groups in total. The van der Waals surface area contributed by atoms with Gasteiger partial charge in [-0.2, -0.15) is 4.99 Å². The number of aromatic nitrogens is 1. The first-order chi connectivity index (χ1) is 10.6. The molecular formula is C13H15N7S2+2. The fourth-order valence-corrected chi connectivity index (χ4v) is 5.26. The standard InChI is InChI=1S/C13H14N7S2/c1-8-9(2)20-13(19(8)17-11(14-3)21-13)22-12(18-20)16-10-6-4-5-7-15-10/h4-7H,1-3H3,(H,15,16,18)/q+1/p+1. The molecule has 2 fully saturated rings. The van der Waals surface area contributed by atoms with Crippen LogP contribution in [-0.2, 0) is 0 Å². The highest BCUT2D eigenvalue weighted by Gasteiger charge is 2.74. The van der Waals surface area contributed by atoms with Crippen molar-refractivity contribution in [2.24, 2.45) is 9.98 Å². The van der Waals surface area contributed by atoms with E-state index in [4.69, 9.17) is 0 Å². The van der Waals surface area contributed by atoms with Crippen LogP contribution in [0.3, 0.4) is 0 Å². The van der Waals surface area contributed by atoms with Crippen molar-refractivity contribution in [3.8, 4) is 0 Å². The average Bonchev–Trinajstić information content (AvgIpc) is 3.12. The number of hydrogen-bond acceptors (Lipinski definition) is 5. The Kier molecular flexibility index (Phi) is 3.01. The monoisotopic (exact) mass is 333 g/mol. The number of hydrazone groups is 2. The summed E-state index contributed by atoms with van der Waals surface area (Å²) in [6.07, 6.45) is 1.74. The van der Waals surface area contributed by atoms with Gasteiger partial charge < -0.3 is 0 Å². The zero-order chi connectivity index (χ0) is 15.3. The molecule has 0 bridgehead atoms. The van der Waals surface area contributed by atoms with Gasteiger partial charge in [0.15, 0.2) is 5.82 Å². The van der Waals surface area contributed by atoms with E-state index in [1.165, 1.54) is 5.71 Å². The number of nitrogens with one attached hydrogen (secondary N) is 2. The largest absolute Gasteiger partial charge is 0.518 e. The van der Waals surface area contributed by atoms with Gasteiger partial charge in [0, 0.05) is 27.1 Å². The van der Waals surface area contributed by atoms with Gasteiger partial charge in [0.05, 0.1) is 23.5 Å². The van der Waals surface area contributed by atoms with E-state index in [9.17, 15) is 0 Å². The molecule has 1 atom stereocenters. The number of hydrazine groups is 2. The highest BCUT2D eigenvalue weighted by atomic mass is 32.2. The predicted octanol–water partition coefficient (Wildman–Crippen LogP) is 1.13. The number of aliphatic imine (C=N–C) groups is 2. The number of rotatable bonds is 1. The molecule has 3 aliphatic heterocycles. The Morgan fingerprint density at radius 3 is 2.41 bits per heavy atom. The van der Waals surface area contributed by atoms with Crippen molar-refractivity contribution in [1.82, 2.24) is 15.8 Å². The lowest BCUT2D eigenvalue weighted by molar-refractivity contribution is -0.779. The summed E-state index contributed by atoms with van der Waals surface area (Å²) >= 11 is 3.32. The molecule has 0 saturated carbocycles. The smallest absolute Gasteiger partial charge is 0.261 e. The Morgan fingerprint density at radius 1 is 1.09 bits per heavy atom. The molecule has 112 valence electrons. The lowest BCUT2D eigenvalue weighted by Gasteiger charge is -2.01. The maximum atomic E-state index is 4.59. The SMILES string of the molecule is CN=C1N[N+]2=C(C)C(C)=[N+]3NC(=Nc4ccccn4)SC23S1. The Balaban J connectivity index is 1.76. The second-order valence-corrected chi connectivity index (χ2v) is 7.53. The number of amidine groups is 2. The molecule has 9 heteroatoms. The number of hydrogen-bond donors (Lipinski definition) is 2. The minimum atomic E-state index is -0.351. The Hall–Kier alpha value is -1.87. The number of thioether (sulfide) groups is 2. The summed E-state index contributed by atoms with van der Waals surface area (Å²) in [4.78, 5) is 13.1. The van der Waals surface area contributed by atoms with Gasteiger partial charge in [-0.3, -0.25) is 4.99 Å². The van der Waals surface area contributed by atoms with E-state index in [1.807, 2.05) is 18.2 Å². The van der Waals surface area contributed by atoms with Gasteiger partial charge in [-0.15, -0.1) is 10.9 Å². The van der Waals surface area contributed by atoms with Crippen LogP contribution in [0.4, 0.5) is 5.82 Å². The van der Waals surface area contributed by atoms with E-state index in [0.29, 0.717) is 5.82 Å². The summed E-state index contributed by atoms with van der Waals surface area (Å²) in [7, 11) is 1.79. The molecule has 4 heterocycles. The molecule has 2 saturated heterocycles. The van der Waals surface area contributed by atoms with E-state index in [0.717, 1.165) is 16.0 Å². The van der Waals surface area contributed by atoms with Crippen LogP contribution in [0.2, 0.25) is 0 Å². The predicted molar refractivity (Wildman–Crippen MR) is 90.8 cm³/mol. The molecular weight excluding hydrogens is 318 g/mol. The van der Waals surface area contributed by atoms with Crippen LogP contribution in [-0.4, -0.2) is 47.5 Å². The minimum Gasteiger partial charge on any atom is -0.261 e. The number of nitrogens with zero attached hydrogens (tertiary/aromatic N) is 5. The summed E-state index contributed by atoms with van der Waals surface area (Å²) in [5.74, 6) is 0.695. The van der Waals surface area contributed by atoms with Crippen LogP contribution in [0.1, 0.15) is 13.8 Å². The third-order valence-electron chi connectivity index (χ3n) is 3.70. The Labute approximate surface area is 136 Å². The van der Waals surface area contributed by atoms with E-state index < -0.39 is 0 Å². The van der Waals surface area contributed by atoms with Crippen molar-refractivity contribution < 1.29 is 9.37 Å². The summed E-state index contributed by atoms with van der Waals surface area (Å²) in [5.41, 5.74) is 9.05. The van der Waals surface area contributed by atoms with E-state index in [1.54, 1.807) is 36.8 Å². The van der Waals surface area contributed by atoms with Gasteiger partial charge in [0.2, 0.25) is 10.3 Å². The normalized spacial score (nSPS) is 30.0. The molecule has 1 unspecified atom stereocenters. The number of pyridine rings is 1. The molecule has 1 spiro atoms. The van der Waals surface area contributed by atoms with Crippen LogP contribution in [0.15, 0.2) is 34.4 Å². The van der Waals surface area contributed by atoms with E-state index in [2.05, 4.69) is 49.0 Å². The van der Waals surface area contributed by atoms with Crippen LogP contribution in [0.25, 0.3) is 0 Å². The fourth-order valence-electron chi connectivity index (χ4n) is 2.52. The summed E-state index contributed by atoms with van der Waals surface area (Å²) in [6.45, 7) is 4.19. The molecule has 0 aromatic carbocycles. The lowest BCUT2D eigenvalue weighted by atomic mass is 10.3. The van der Waals surface area contributed by atoms with E-state index in [-0.39, 0.29) is 4.33 Å². The lowest BCUT2D eigenvalue weighted by Crippen LogP contribution is -2.42. The second kappa shape index (κ2) is 4.82. The van der Waals surface area contributed by atoms with Crippen LogP contribution in [0, 0.1) is 0 Å². The van der Waals surface area contributed by atoms with Gasteiger partial charge >= 0.3 is 4.33 Å². The first-order valence-electron chi connectivity index (χ1n) is 6.80. The average molecular weight is 333 g/mol. The van der Waals surface area contributed by atoms with Gasteiger partial charge in [-0.25, -0.2) is 4.98 Å². The molecule has 3 aliphatic rings. The second-order valence-electron chi connectivity index (χ2n) is 4.95. The topological polar surface area (TPSA) is 67.7 Å². The zero-order valence-electron chi connectivity index (χ0n) is 12.4. The molecule has 0 aliphatic carbocycles. The highest BCUT2D eigenvalue weighted by Crippen LogP contribution is 2.48. The van der Waals surface area contributed by atoms with Gasteiger partial charge in [-0.1, -0.05) is 6.07 Å². The van der Waals surface area contributed by atoms with Crippen LogP contribution in [0.5, 0.6) is 0 Å². The van der Waals surface area contributed by atoms with Crippen molar-refractivity contribution in [2.75, 3.05) is 7.05 Å². The van der Waals surface area contributed by atoms with Crippen LogP contribution < -0.4 is 10.9 Å². The zero-order valence-corrected chi connectivity index (χ0v) is 14.0. The summed E-state index contributed by atoms with van der Waals surface area (Å²) in [6, 6.07) is 5.70. The summed E-state index contributed by atoms with van der Waals surface area (Å²) in [5, 5.41) is 1.72. The third kappa shape index (κ3) is 1.82. The molecule has 1 aromatic rings. The molecule has 4 rings (SSSR count). The maximum Gasteiger partial charge on any atom is 0.518 e. The first kappa shape index (κ1) is 13.8. The molecule has 7 nitrogen and oxygen atoms in total. The Bertz CT molecular complexity index is 781. The van der Waals surface area contributed by atoms with Gasteiger partial charge in [-0.05, 0) is 21.5 Å². The van der Waals surface area contributed by atoms with Gasteiger partial charge in [0.1, 0.15) is 0 Å². The minimum absolute atomic E-state index is 0.351. The van der Waals surface area contributed by atoms with E-state index >= 15 is 0 Å². The maximum absolute atomic E-state index is 4.59. The Morgan fingerprint density at radius 2 is 1.77 bits per heavy atom. The van der Waals surface area contributed by atoms with Crippen molar-refractivity contribution >= 4 is 51.1 Å². The highest BCUT2D eigenvalue weighted by molar-refractivity contribution is 8.30. The van der Waals surface area contributed by atoms with Crippen molar-refractivity contribution in [1.29, 1.82) is 0 Å². The van der Waals surface area contributed by atoms with Crippen LogP contribution >= 0.6 is 23.5 Å². The first-order valence-corrected chi connectivity index (χ1v) is 8.43. The van der Waals surface area contributed by atoms with Crippen molar-refractivity contribution in [3.05, 3.63) is 24.4 Å². The molecule has 0 amide bonds. The molecule has 1 aromatic heterocycles. The molecule has 0 radical (unpaired) electrons. The van der Waals surface area contributed by atoms with Gasteiger partial charge in [0.25, 0.3) is 11.4 Å². The van der Waals surface area contributed by atoms with Crippen molar-refractivity contribution in [2.45, 2.75) is 18.2 Å². The summed E-state index contributed by atoms with van der Waals surface area (Å²) < 4.78 is 3.91. The molecule has 22 heavy (non-hydrogen) atoms. The third-order valence-corrected chi connectivity index (χ3v) is 6.31. The van der Waals surface area contributed by atoms with Crippen molar-refractivity contribution in [3.63, 3.8) is 0 Å².